The summed E-state index contributed by atoms with van der Waals surface area (Å²) in [6.07, 6.45) is 4.24. The van der Waals surface area contributed by atoms with Gasteiger partial charge in [0.2, 0.25) is 0 Å². The second kappa shape index (κ2) is 11.4. The van der Waals surface area contributed by atoms with E-state index >= 15 is 0 Å². The van der Waals surface area contributed by atoms with Crippen molar-refractivity contribution in [2.24, 2.45) is 4.99 Å². The first-order chi connectivity index (χ1) is 14.3. The molecular weight excluding hydrogens is 371 g/mol. The number of morpholine rings is 1. The minimum absolute atomic E-state index is 0.0619. The van der Waals surface area contributed by atoms with Crippen LogP contribution in [0.4, 0.5) is 4.39 Å². The van der Waals surface area contributed by atoms with Crippen LogP contribution in [0.25, 0.3) is 0 Å². The van der Waals surface area contributed by atoms with E-state index in [9.17, 15) is 4.39 Å². The molecule has 1 aliphatic rings. The molecule has 0 aliphatic carbocycles. The highest BCUT2D eigenvalue weighted by molar-refractivity contribution is 5.79. The van der Waals surface area contributed by atoms with E-state index in [1.54, 1.807) is 12.3 Å². The van der Waals surface area contributed by atoms with E-state index in [1.807, 2.05) is 24.3 Å². The number of benzene rings is 1. The maximum absolute atomic E-state index is 13.4. The molecule has 0 saturated carbocycles. The number of hydrogen-bond donors (Lipinski definition) is 2. The number of ether oxygens (including phenoxy) is 1. The molecule has 1 saturated heterocycles. The van der Waals surface area contributed by atoms with Crippen LogP contribution in [0.2, 0.25) is 0 Å². The number of furan rings is 1. The summed E-state index contributed by atoms with van der Waals surface area (Å²) in [5.41, 5.74) is 1.05. The predicted molar refractivity (Wildman–Crippen MR) is 112 cm³/mol. The van der Waals surface area contributed by atoms with Crippen molar-refractivity contribution in [1.82, 2.24) is 15.5 Å². The smallest absolute Gasteiger partial charge is 0.191 e. The number of aliphatic imine (C=N–C) groups is 1. The van der Waals surface area contributed by atoms with E-state index in [4.69, 9.17) is 14.1 Å². The third-order valence-electron chi connectivity index (χ3n) is 4.82. The largest absolute Gasteiger partial charge is 0.469 e. The average Bonchev–Trinajstić information content (AvgIpc) is 3.27. The fourth-order valence-electron chi connectivity index (χ4n) is 3.29. The Labute approximate surface area is 171 Å². The molecule has 0 amide bonds. The number of nitrogens with zero attached hydrogens (tertiary/aromatic N) is 2. The van der Waals surface area contributed by atoms with Crippen molar-refractivity contribution >= 4 is 5.96 Å². The highest BCUT2D eigenvalue weighted by atomic mass is 19.1. The van der Waals surface area contributed by atoms with Gasteiger partial charge in [0.15, 0.2) is 5.96 Å². The zero-order valence-corrected chi connectivity index (χ0v) is 16.6. The summed E-state index contributed by atoms with van der Waals surface area (Å²) >= 11 is 0. The van der Waals surface area contributed by atoms with Gasteiger partial charge < -0.3 is 19.8 Å². The molecule has 1 unspecified atom stereocenters. The van der Waals surface area contributed by atoms with Gasteiger partial charge in [-0.1, -0.05) is 18.2 Å². The Hall–Kier alpha value is -2.64. The van der Waals surface area contributed by atoms with Crippen LogP contribution in [0.3, 0.4) is 0 Å². The molecular formula is C22H29FN4O2. The van der Waals surface area contributed by atoms with Crippen molar-refractivity contribution in [3.05, 3.63) is 72.5 Å². The highest BCUT2D eigenvalue weighted by Gasteiger charge is 2.22. The van der Waals surface area contributed by atoms with Gasteiger partial charge in [0.25, 0.3) is 0 Å². The topological polar surface area (TPSA) is 62.0 Å². The summed E-state index contributed by atoms with van der Waals surface area (Å²) in [4.78, 5) is 7.14. The molecule has 2 N–H and O–H groups in total. The van der Waals surface area contributed by atoms with Crippen LogP contribution in [-0.4, -0.2) is 56.8 Å². The van der Waals surface area contributed by atoms with E-state index in [1.165, 1.54) is 12.1 Å². The molecule has 0 bridgehead atoms. The lowest BCUT2D eigenvalue weighted by Gasteiger charge is -2.34. The Morgan fingerprint density at radius 2 is 2.00 bits per heavy atom. The monoisotopic (exact) mass is 400 g/mol. The first kappa shape index (κ1) is 21.1. The van der Waals surface area contributed by atoms with Crippen LogP contribution in [0, 0.1) is 5.82 Å². The van der Waals surface area contributed by atoms with Gasteiger partial charge in [0.05, 0.1) is 32.1 Å². The SMILES string of the molecule is C=CCNC(=NCC(c1ccc(F)cc1)N1CCOCC1)NCCc1ccco1. The number of halogens is 1. The third kappa shape index (κ3) is 6.73. The van der Waals surface area contributed by atoms with E-state index < -0.39 is 0 Å². The lowest BCUT2D eigenvalue weighted by molar-refractivity contribution is 0.0179. The summed E-state index contributed by atoms with van der Waals surface area (Å²) in [7, 11) is 0. The Kier molecular flexibility index (Phi) is 8.27. The zero-order valence-electron chi connectivity index (χ0n) is 16.6. The van der Waals surface area contributed by atoms with E-state index in [2.05, 4.69) is 22.1 Å². The second-order valence-electron chi connectivity index (χ2n) is 6.83. The van der Waals surface area contributed by atoms with Gasteiger partial charge in [0.1, 0.15) is 11.6 Å². The van der Waals surface area contributed by atoms with Gasteiger partial charge in [0, 0.05) is 32.6 Å². The molecule has 156 valence electrons. The molecule has 0 spiro atoms. The Morgan fingerprint density at radius 1 is 1.21 bits per heavy atom. The maximum atomic E-state index is 13.4. The predicted octanol–water partition coefficient (Wildman–Crippen LogP) is 2.76. The Bertz CT molecular complexity index is 756. The Balaban J connectivity index is 1.68. The molecule has 7 heteroatoms. The number of guanidine groups is 1. The van der Waals surface area contributed by atoms with Gasteiger partial charge in [-0.3, -0.25) is 9.89 Å². The molecule has 1 atom stereocenters. The number of nitrogens with one attached hydrogen (secondary N) is 2. The average molecular weight is 400 g/mol. The van der Waals surface area contributed by atoms with Gasteiger partial charge in [-0.15, -0.1) is 6.58 Å². The standard InChI is InChI=1S/C22H29FN4O2/c1-2-10-24-22(25-11-9-20-4-3-14-29-20)26-17-21(27-12-15-28-16-13-27)18-5-7-19(23)8-6-18/h2-8,14,21H,1,9-13,15-17H2,(H2,24,25,26). The lowest BCUT2D eigenvalue weighted by Crippen LogP contribution is -2.42. The van der Waals surface area contributed by atoms with E-state index in [-0.39, 0.29) is 11.9 Å². The molecule has 1 aliphatic heterocycles. The first-order valence-corrected chi connectivity index (χ1v) is 9.99. The van der Waals surface area contributed by atoms with Crippen molar-refractivity contribution in [2.75, 3.05) is 45.9 Å². The lowest BCUT2D eigenvalue weighted by atomic mass is 10.0. The quantitative estimate of drug-likeness (QED) is 0.385. The fraction of sp³-hybridized carbons (Fsp3) is 0.409. The van der Waals surface area contributed by atoms with Crippen molar-refractivity contribution in [1.29, 1.82) is 0 Å². The highest BCUT2D eigenvalue weighted by Crippen LogP contribution is 2.22. The van der Waals surface area contributed by atoms with Crippen molar-refractivity contribution in [2.45, 2.75) is 12.5 Å². The minimum atomic E-state index is -0.231. The van der Waals surface area contributed by atoms with Crippen molar-refractivity contribution in [3.63, 3.8) is 0 Å². The summed E-state index contributed by atoms with van der Waals surface area (Å²) < 4.78 is 24.3. The second-order valence-corrected chi connectivity index (χ2v) is 6.83. The van der Waals surface area contributed by atoms with Crippen LogP contribution in [0.15, 0.2) is 64.7 Å². The van der Waals surface area contributed by atoms with Gasteiger partial charge >= 0.3 is 0 Å². The molecule has 2 aromatic rings. The van der Waals surface area contributed by atoms with Crippen molar-refractivity contribution in [3.8, 4) is 0 Å². The molecule has 2 heterocycles. The summed E-state index contributed by atoms with van der Waals surface area (Å²) in [6, 6.07) is 10.6. The summed E-state index contributed by atoms with van der Waals surface area (Å²) in [5, 5.41) is 6.60. The molecule has 29 heavy (non-hydrogen) atoms. The van der Waals surface area contributed by atoms with Crippen molar-refractivity contribution < 1.29 is 13.5 Å². The third-order valence-corrected chi connectivity index (χ3v) is 4.82. The molecule has 6 nitrogen and oxygen atoms in total. The van der Waals surface area contributed by atoms with Crippen LogP contribution in [0.5, 0.6) is 0 Å². The molecule has 0 radical (unpaired) electrons. The Morgan fingerprint density at radius 3 is 2.69 bits per heavy atom. The van der Waals surface area contributed by atoms with Crippen LogP contribution >= 0.6 is 0 Å². The first-order valence-electron chi connectivity index (χ1n) is 9.99. The van der Waals surface area contributed by atoms with Crippen LogP contribution < -0.4 is 10.6 Å². The number of hydrogen-bond acceptors (Lipinski definition) is 4. The molecule has 1 aromatic carbocycles. The molecule has 3 rings (SSSR count). The van der Waals surface area contributed by atoms with E-state index in [0.29, 0.717) is 32.8 Å². The van der Waals surface area contributed by atoms with Gasteiger partial charge in [-0.05, 0) is 29.8 Å². The maximum Gasteiger partial charge on any atom is 0.191 e. The molecule has 1 aromatic heterocycles. The van der Waals surface area contributed by atoms with E-state index in [0.717, 1.165) is 36.8 Å². The van der Waals surface area contributed by atoms with Gasteiger partial charge in [-0.25, -0.2) is 4.39 Å². The normalized spacial score (nSPS) is 16.4. The summed E-state index contributed by atoms with van der Waals surface area (Å²) in [5.74, 6) is 1.42. The summed E-state index contributed by atoms with van der Waals surface area (Å²) in [6.45, 7) is 8.70. The molecule has 1 fully saturated rings. The van der Waals surface area contributed by atoms with Crippen LogP contribution in [-0.2, 0) is 11.2 Å². The van der Waals surface area contributed by atoms with Crippen LogP contribution in [0.1, 0.15) is 17.4 Å². The fourth-order valence-corrected chi connectivity index (χ4v) is 3.29. The number of rotatable bonds is 9. The minimum Gasteiger partial charge on any atom is -0.469 e. The zero-order chi connectivity index (χ0) is 20.3. The van der Waals surface area contributed by atoms with Gasteiger partial charge in [-0.2, -0.15) is 0 Å².